The summed E-state index contributed by atoms with van der Waals surface area (Å²) in [5.74, 6) is -0.389. The van der Waals surface area contributed by atoms with Crippen molar-refractivity contribution in [1.82, 2.24) is 10.3 Å². The van der Waals surface area contributed by atoms with Crippen molar-refractivity contribution in [2.75, 3.05) is 13.2 Å². The molecule has 2 atom stereocenters. The lowest BCUT2D eigenvalue weighted by Gasteiger charge is -2.30. The van der Waals surface area contributed by atoms with E-state index >= 15 is 0 Å². The molecule has 0 radical (unpaired) electrons. The van der Waals surface area contributed by atoms with Crippen LogP contribution in [0.25, 0.3) is 5.70 Å². The van der Waals surface area contributed by atoms with E-state index < -0.39 is 11.6 Å². The number of aliphatic imine (C=N–C) groups is 1. The monoisotopic (exact) mass is 495 g/mol. The number of rotatable bonds is 16. The quantitative estimate of drug-likeness (QED) is 0.196. The van der Waals surface area contributed by atoms with Gasteiger partial charge in [-0.25, -0.2) is 4.79 Å². The lowest BCUT2D eigenvalue weighted by molar-refractivity contribution is -0.166. The van der Waals surface area contributed by atoms with Crippen molar-refractivity contribution in [3.8, 4) is 0 Å². The Kier molecular flexibility index (Phi) is 11.1. The van der Waals surface area contributed by atoms with Crippen LogP contribution in [0.3, 0.4) is 0 Å². The van der Waals surface area contributed by atoms with Crippen LogP contribution in [0.1, 0.15) is 96.4 Å². The van der Waals surface area contributed by atoms with Crippen molar-refractivity contribution in [1.29, 1.82) is 0 Å². The molecule has 36 heavy (non-hydrogen) atoms. The smallest absolute Gasteiger partial charge is 0.345 e. The summed E-state index contributed by atoms with van der Waals surface area (Å²) in [6.45, 7) is 8.66. The second kappa shape index (κ2) is 14.2. The summed E-state index contributed by atoms with van der Waals surface area (Å²) in [6, 6.07) is 3.59. The van der Waals surface area contributed by atoms with Gasteiger partial charge in [-0.3, -0.25) is 4.99 Å². The fourth-order valence-corrected chi connectivity index (χ4v) is 4.90. The van der Waals surface area contributed by atoms with E-state index in [1.807, 2.05) is 51.1 Å². The van der Waals surface area contributed by atoms with Gasteiger partial charge in [0.2, 0.25) is 5.60 Å². The lowest BCUT2D eigenvalue weighted by Crippen LogP contribution is -2.52. The summed E-state index contributed by atoms with van der Waals surface area (Å²) in [4.78, 5) is 21.3. The summed E-state index contributed by atoms with van der Waals surface area (Å²) < 4.78 is 11.6. The number of nitrogens with zero attached hydrogens (tertiary/aromatic N) is 1. The van der Waals surface area contributed by atoms with Crippen LogP contribution < -0.4 is 5.32 Å². The fraction of sp³-hybridized carbons (Fsp3) is 0.600. The SMILES string of the molecule is CCCCCCCCCCCC1=N/C(=C/C2NC(c3ccc(C)[nH]3)=CC2(OCC)C(=O)OCC)C=C1. The molecule has 2 aliphatic rings. The number of H-pyrrole nitrogens is 1. The molecule has 1 aromatic rings. The van der Waals surface area contributed by atoms with Gasteiger partial charge in [0.25, 0.3) is 0 Å². The maximum absolute atomic E-state index is 13.2. The van der Waals surface area contributed by atoms with Crippen LogP contribution in [0.5, 0.6) is 0 Å². The van der Waals surface area contributed by atoms with Gasteiger partial charge in [-0.2, -0.15) is 0 Å². The van der Waals surface area contributed by atoms with E-state index in [2.05, 4.69) is 23.3 Å². The Morgan fingerprint density at radius 3 is 2.36 bits per heavy atom. The van der Waals surface area contributed by atoms with Crippen LogP contribution in [-0.4, -0.2) is 41.5 Å². The fourth-order valence-electron chi connectivity index (χ4n) is 4.90. The molecule has 0 spiro atoms. The minimum atomic E-state index is -1.24. The van der Waals surface area contributed by atoms with Crippen LogP contribution in [0.2, 0.25) is 0 Å². The molecule has 0 aliphatic carbocycles. The van der Waals surface area contributed by atoms with Crippen molar-refractivity contribution in [3.05, 3.63) is 53.5 Å². The maximum atomic E-state index is 13.2. The highest BCUT2D eigenvalue weighted by atomic mass is 16.6. The molecular formula is C30H45N3O3. The van der Waals surface area contributed by atoms with Crippen LogP contribution >= 0.6 is 0 Å². The summed E-state index contributed by atoms with van der Waals surface area (Å²) in [6.07, 6.45) is 20.8. The van der Waals surface area contributed by atoms with Crippen LogP contribution in [0.4, 0.5) is 0 Å². The van der Waals surface area contributed by atoms with E-state index in [1.54, 1.807) is 0 Å². The molecule has 3 rings (SSSR count). The molecule has 198 valence electrons. The van der Waals surface area contributed by atoms with Gasteiger partial charge in [0, 0.05) is 18.0 Å². The van der Waals surface area contributed by atoms with E-state index in [0.717, 1.165) is 41.3 Å². The number of nitrogens with one attached hydrogen (secondary N) is 2. The average Bonchev–Trinajstić information content (AvgIpc) is 3.58. The van der Waals surface area contributed by atoms with Gasteiger partial charge in [-0.1, -0.05) is 58.3 Å². The maximum Gasteiger partial charge on any atom is 0.345 e. The third-order valence-corrected chi connectivity index (χ3v) is 6.82. The Balaban J connectivity index is 1.63. The van der Waals surface area contributed by atoms with E-state index in [9.17, 15) is 4.79 Å². The molecule has 0 saturated heterocycles. The van der Waals surface area contributed by atoms with E-state index in [1.165, 1.54) is 51.4 Å². The third kappa shape index (κ3) is 7.45. The molecule has 6 nitrogen and oxygen atoms in total. The zero-order chi connectivity index (χ0) is 25.8. The Morgan fingerprint density at radius 1 is 1.00 bits per heavy atom. The Labute approximate surface area is 217 Å². The first-order chi connectivity index (χ1) is 17.5. The van der Waals surface area contributed by atoms with Crippen molar-refractivity contribution < 1.29 is 14.3 Å². The number of aromatic nitrogens is 1. The number of hydrogen-bond acceptors (Lipinski definition) is 5. The molecular weight excluding hydrogens is 450 g/mol. The minimum Gasteiger partial charge on any atom is -0.464 e. The highest BCUT2D eigenvalue weighted by molar-refractivity contribution is 5.98. The van der Waals surface area contributed by atoms with Gasteiger partial charge in [-0.15, -0.1) is 0 Å². The predicted octanol–water partition coefficient (Wildman–Crippen LogP) is 6.79. The van der Waals surface area contributed by atoms with Crippen LogP contribution in [0, 0.1) is 6.92 Å². The van der Waals surface area contributed by atoms with Crippen molar-refractivity contribution in [2.24, 2.45) is 4.99 Å². The molecule has 0 aromatic carbocycles. The normalized spacial score (nSPS) is 22.1. The number of aromatic amines is 1. The van der Waals surface area contributed by atoms with Crippen LogP contribution in [-0.2, 0) is 14.3 Å². The van der Waals surface area contributed by atoms with Gasteiger partial charge in [-0.05, 0) is 70.0 Å². The summed E-state index contributed by atoms with van der Waals surface area (Å²) in [5, 5.41) is 3.49. The zero-order valence-corrected chi connectivity index (χ0v) is 22.7. The molecule has 0 saturated carbocycles. The lowest BCUT2D eigenvalue weighted by atomic mass is 9.95. The number of aryl methyl sites for hydroxylation is 1. The van der Waals surface area contributed by atoms with E-state index in [4.69, 9.17) is 14.5 Å². The van der Waals surface area contributed by atoms with Crippen molar-refractivity contribution >= 4 is 17.4 Å². The second-order valence-electron chi connectivity index (χ2n) is 9.79. The molecule has 1 aromatic heterocycles. The predicted molar refractivity (Wildman–Crippen MR) is 148 cm³/mol. The Bertz CT molecular complexity index is 972. The first-order valence-electron chi connectivity index (χ1n) is 14.0. The first-order valence-corrected chi connectivity index (χ1v) is 14.0. The highest BCUT2D eigenvalue weighted by Gasteiger charge is 2.50. The number of carbonyl (C=O) groups is 1. The number of allylic oxidation sites excluding steroid dienone is 2. The minimum absolute atomic E-state index is 0.294. The number of ether oxygens (including phenoxy) is 2. The number of esters is 1. The number of unbranched alkanes of at least 4 members (excludes halogenated alkanes) is 8. The molecule has 6 heteroatoms. The molecule has 3 heterocycles. The van der Waals surface area contributed by atoms with Gasteiger partial charge >= 0.3 is 5.97 Å². The zero-order valence-electron chi connectivity index (χ0n) is 22.7. The van der Waals surface area contributed by atoms with Gasteiger partial charge < -0.3 is 19.8 Å². The summed E-state index contributed by atoms with van der Waals surface area (Å²) >= 11 is 0. The standard InChI is InChI=1S/C30H45N3O3/c1-5-8-9-10-11-12-13-14-15-16-24-18-19-25(32-24)21-28-30(36-7-3,29(34)35-6-2)22-27(33-28)26-20-17-23(4)31-26/h17-22,28,31,33H,5-16H2,1-4H3/b25-21+. The van der Waals surface area contributed by atoms with Gasteiger partial charge in [0.1, 0.15) is 0 Å². The summed E-state index contributed by atoms with van der Waals surface area (Å²) in [7, 11) is 0. The molecule has 2 N–H and O–H groups in total. The Hall–Kier alpha value is -2.60. The second-order valence-corrected chi connectivity index (χ2v) is 9.79. The third-order valence-electron chi connectivity index (χ3n) is 6.82. The van der Waals surface area contributed by atoms with E-state index in [-0.39, 0.29) is 5.97 Å². The topological polar surface area (TPSA) is 75.7 Å². The largest absolute Gasteiger partial charge is 0.464 e. The van der Waals surface area contributed by atoms with Crippen molar-refractivity contribution in [2.45, 2.75) is 104 Å². The molecule has 0 bridgehead atoms. The van der Waals surface area contributed by atoms with Gasteiger partial charge in [0.15, 0.2) is 0 Å². The highest BCUT2D eigenvalue weighted by Crippen LogP contribution is 2.34. The summed E-state index contributed by atoms with van der Waals surface area (Å²) in [5.41, 5.74) is 3.51. The average molecular weight is 496 g/mol. The van der Waals surface area contributed by atoms with E-state index in [0.29, 0.717) is 13.2 Å². The molecule has 2 aliphatic heterocycles. The Morgan fingerprint density at radius 2 is 1.72 bits per heavy atom. The van der Waals surface area contributed by atoms with Crippen molar-refractivity contribution in [3.63, 3.8) is 0 Å². The molecule has 2 unspecified atom stereocenters. The first kappa shape index (κ1) is 28.0. The van der Waals surface area contributed by atoms with Crippen LogP contribution in [0.15, 0.2) is 47.1 Å². The number of hydrogen-bond donors (Lipinski definition) is 2. The molecule has 0 amide bonds. The van der Waals surface area contributed by atoms with Gasteiger partial charge in [0.05, 0.1) is 29.7 Å². The molecule has 0 fully saturated rings. The number of carbonyl (C=O) groups excluding carboxylic acids is 1.